The van der Waals surface area contributed by atoms with Gasteiger partial charge in [0.25, 0.3) is 0 Å². The molecule has 4 nitrogen and oxygen atoms in total. The van der Waals surface area contributed by atoms with Gasteiger partial charge in [0.05, 0.1) is 4.90 Å². The first kappa shape index (κ1) is 18.1. The van der Waals surface area contributed by atoms with E-state index in [1.807, 2.05) is 32.9 Å². The molecule has 1 atom stereocenters. The Morgan fingerprint density at radius 2 is 1.67 bits per heavy atom. The van der Waals surface area contributed by atoms with Crippen molar-refractivity contribution < 1.29 is 8.42 Å². The maximum Gasteiger partial charge on any atom is 0.241 e. The molecule has 21 heavy (non-hydrogen) atoms. The minimum atomic E-state index is -3.47. The van der Waals surface area contributed by atoms with Gasteiger partial charge in [-0.25, -0.2) is 13.1 Å². The number of benzene rings is 1. The van der Waals surface area contributed by atoms with Gasteiger partial charge in [0.1, 0.15) is 0 Å². The Morgan fingerprint density at radius 1 is 1.05 bits per heavy atom. The Bertz CT molecular complexity index is 539. The third-order valence-electron chi connectivity index (χ3n) is 3.14. The van der Waals surface area contributed by atoms with Crippen LogP contribution in [0.3, 0.4) is 0 Å². The van der Waals surface area contributed by atoms with Crippen molar-refractivity contribution in [2.24, 2.45) is 5.92 Å². The lowest BCUT2D eigenvalue weighted by molar-refractivity contribution is 0.482. The molecule has 0 aliphatic carbocycles. The summed E-state index contributed by atoms with van der Waals surface area (Å²) in [7, 11) is -3.47. The van der Waals surface area contributed by atoms with Crippen LogP contribution in [0.4, 0.5) is 0 Å². The number of rotatable bonds is 8. The molecule has 0 amide bonds. The predicted molar refractivity (Wildman–Crippen MR) is 87.7 cm³/mol. The number of nitrogens with one attached hydrogen (secondary N) is 2. The van der Waals surface area contributed by atoms with Gasteiger partial charge in [0.2, 0.25) is 10.0 Å². The quantitative estimate of drug-likeness (QED) is 0.776. The first-order valence-electron chi connectivity index (χ1n) is 7.56. The van der Waals surface area contributed by atoms with Crippen LogP contribution in [0.5, 0.6) is 0 Å². The van der Waals surface area contributed by atoms with Crippen LogP contribution in [0.1, 0.15) is 46.6 Å². The topological polar surface area (TPSA) is 58.2 Å². The molecular formula is C16H28N2O2S. The van der Waals surface area contributed by atoms with E-state index >= 15 is 0 Å². The largest absolute Gasteiger partial charge is 0.310 e. The Kier molecular flexibility index (Phi) is 6.84. The molecule has 1 rings (SSSR count). The predicted octanol–water partition coefficient (Wildman–Crippen LogP) is 2.90. The fourth-order valence-electron chi connectivity index (χ4n) is 2.31. The molecule has 0 saturated heterocycles. The zero-order chi connectivity index (χ0) is 16.0. The van der Waals surface area contributed by atoms with Gasteiger partial charge in [-0.15, -0.1) is 0 Å². The number of hydrogen-bond donors (Lipinski definition) is 2. The monoisotopic (exact) mass is 312 g/mol. The van der Waals surface area contributed by atoms with Crippen molar-refractivity contribution in [2.75, 3.05) is 0 Å². The fourth-order valence-corrected chi connectivity index (χ4v) is 3.81. The van der Waals surface area contributed by atoms with Gasteiger partial charge in [-0.05, 0) is 30.9 Å². The number of sulfonamides is 1. The smallest absolute Gasteiger partial charge is 0.241 e. The Labute approximate surface area is 129 Å². The lowest BCUT2D eigenvalue weighted by atomic mass is 10.1. The van der Waals surface area contributed by atoms with E-state index in [1.165, 1.54) is 0 Å². The van der Waals surface area contributed by atoms with Crippen LogP contribution in [0.25, 0.3) is 0 Å². The van der Waals surface area contributed by atoms with Crippen LogP contribution in [-0.2, 0) is 16.6 Å². The lowest BCUT2D eigenvalue weighted by Crippen LogP contribution is -2.34. The molecule has 0 spiro atoms. The Balaban J connectivity index is 2.92. The van der Waals surface area contributed by atoms with E-state index in [1.54, 1.807) is 12.1 Å². The highest BCUT2D eigenvalue weighted by molar-refractivity contribution is 7.89. The van der Waals surface area contributed by atoms with E-state index in [0.29, 0.717) is 23.4 Å². The molecule has 0 saturated carbocycles. The van der Waals surface area contributed by atoms with Gasteiger partial charge in [0.15, 0.2) is 0 Å². The van der Waals surface area contributed by atoms with E-state index in [9.17, 15) is 8.42 Å². The van der Waals surface area contributed by atoms with Gasteiger partial charge >= 0.3 is 0 Å². The molecule has 0 radical (unpaired) electrons. The SMILES string of the molecule is CC(C)CC(C)NS(=O)(=O)c1ccccc1CNC(C)C. The summed E-state index contributed by atoms with van der Waals surface area (Å²) >= 11 is 0. The molecule has 1 aromatic carbocycles. The molecule has 0 bridgehead atoms. The molecule has 0 aliphatic rings. The third-order valence-corrected chi connectivity index (χ3v) is 4.83. The van der Waals surface area contributed by atoms with Crippen molar-refractivity contribution in [1.29, 1.82) is 0 Å². The van der Waals surface area contributed by atoms with Crippen molar-refractivity contribution in [3.63, 3.8) is 0 Å². The average Bonchev–Trinajstić information content (AvgIpc) is 2.34. The van der Waals surface area contributed by atoms with Gasteiger partial charge in [-0.3, -0.25) is 0 Å². The zero-order valence-electron chi connectivity index (χ0n) is 13.7. The van der Waals surface area contributed by atoms with Crippen LogP contribution in [0.2, 0.25) is 0 Å². The summed E-state index contributed by atoms with van der Waals surface area (Å²) in [5.74, 6) is 0.459. The first-order chi connectivity index (χ1) is 9.72. The van der Waals surface area contributed by atoms with Crippen LogP contribution in [0, 0.1) is 5.92 Å². The summed E-state index contributed by atoms with van der Waals surface area (Å²) < 4.78 is 27.9. The molecule has 5 heteroatoms. The van der Waals surface area contributed by atoms with Gasteiger partial charge in [-0.1, -0.05) is 45.9 Å². The molecule has 120 valence electrons. The molecule has 0 aliphatic heterocycles. The highest BCUT2D eigenvalue weighted by atomic mass is 32.2. The van der Waals surface area contributed by atoms with E-state index in [-0.39, 0.29) is 6.04 Å². The van der Waals surface area contributed by atoms with Crippen molar-refractivity contribution in [2.45, 2.75) is 64.6 Å². The standard InChI is InChI=1S/C16H28N2O2S/c1-12(2)10-14(5)18-21(19,20)16-9-7-6-8-15(16)11-17-13(3)4/h6-9,12-14,17-18H,10-11H2,1-5H3. The van der Waals surface area contributed by atoms with E-state index < -0.39 is 10.0 Å². The van der Waals surface area contributed by atoms with Gasteiger partial charge in [0, 0.05) is 18.6 Å². The highest BCUT2D eigenvalue weighted by Gasteiger charge is 2.20. The molecule has 2 N–H and O–H groups in total. The molecule has 0 fully saturated rings. The second kappa shape index (κ2) is 7.92. The average molecular weight is 312 g/mol. The zero-order valence-corrected chi connectivity index (χ0v) is 14.5. The summed E-state index contributed by atoms with van der Waals surface area (Å²) in [4.78, 5) is 0.369. The highest BCUT2D eigenvalue weighted by Crippen LogP contribution is 2.17. The molecule has 0 aromatic heterocycles. The summed E-state index contributed by atoms with van der Waals surface area (Å²) in [6, 6.07) is 7.41. The van der Waals surface area contributed by atoms with Crippen molar-refractivity contribution >= 4 is 10.0 Å². The minimum absolute atomic E-state index is 0.0684. The summed E-state index contributed by atoms with van der Waals surface area (Å²) in [5.41, 5.74) is 0.801. The second-order valence-electron chi connectivity index (χ2n) is 6.30. The lowest BCUT2D eigenvalue weighted by Gasteiger charge is -2.18. The Hall–Kier alpha value is -0.910. The van der Waals surface area contributed by atoms with Crippen molar-refractivity contribution in [1.82, 2.24) is 10.0 Å². The van der Waals surface area contributed by atoms with E-state index in [0.717, 1.165) is 12.0 Å². The van der Waals surface area contributed by atoms with Crippen LogP contribution < -0.4 is 10.0 Å². The molecule has 1 unspecified atom stereocenters. The van der Waals surface area contributed by atoms with Crippen LogP contribution >= 0.6 is 0 Å². The van der Waals surface area contributed by atoms with Gasteiger partial charge < -0.3 is 5.32 Å². The van der Waals surface area contributed by atoms with Crippen LogP contribution in [-0.4, -0.2) is 20.5 Å². The molecule has 1 aromatic rings. The fraction of sp³-hybridized carbons (Fsp3) is 0.625. The van der Waals surface area contributed by atoms with E-state index in [2.05, 4.69) is 23.9 Å². The van der Waals surface area contributed by atoms with Crippen LogP contribution in [0.15, 0.2) is 29.2 Å². The maximum atomic E-state index is 12.6. The second-order valence-corrected chi connectivity index (χ2v) is 7.98. The third kappa shape index (κ3) is 6.16. The molecular weight excluding hydrogens is 284 g/mol. The minimum Gasteiger partial charge on any atom is -0.310 e. The summed E-state index contributed by atoms with van der Waals surface area (Å²) in [6.07, 6.45) is 0.825. The summed E-state index contributed by atoms with van der Waals surface area (Å²) in [6.45, 7) is 10.7. The molecule has 0 heterocycles. The number of hydrogen-bond acceptors (Lipinski definition) is 3. The summed E-state index contributed by atoms with van der Waals surface area (Å²) in [5, 5.41) is 3.27. The van der Waals surface area contributed by atoms with Crippen molar-refractivity contribution in [3.05, 3.63) is 29.8 Å². The van der Waals surface area contributed by atoms with E-state index in [4.69, 9.17) is 0 Å². The maximum absolute atomic E-state index is 12.6. The Morgan fingerprint density at radius 3 is 2.24 bits per heavy atom. The van der Waals surface area contributed by atoms with Gasteiger partial charge in [-0.2, -0.15) is 0 Å². The first-order valence-corrected chi connectivity index (χ1v) is 9.04. The normalized spacial score (nSPS) is 13.9. The van der Waals surface area contributed by atoms with Crippen molar-refractivity contribution in [3.8, 4) is 0 Å².